The van der Waals surface area contributed by atoms with Crippen LogP contribution in [-0.4, -0.2) is 61.4 Å². The highest BCUT2D eigenvalue weighted by Gasteiger charge is 2.26. The number of ether oxygens (including phenoxy) is 2. The highest BCUT2D eigenvalue weighted by molar-refractivity contribution is 5.86. The number of anilines is 3. The predicted molar refractivity (Wildman–Crippen MR) is 184 cm³/mol. The Kier molecular flexibility index (Phi) is 10.2. The Morgan fingerprint density at radius 1 is 0.872 bits per heavy atom. The van der Waals surface area contributed by atoms with Gasteiger partial charge in [0, 0.05) is 36.7 Å². The third-order valence-corrected chi connectivity index (χ3v) is 7.58. The lowest BCUT2D eigenvalue weighted by molar-refractivity contribution is 0.0491. The number of nitrogens with zero attached hydrogens (tertiary/aromatic N) is 4. The number of imidazole rings is 1. The van der Waals surface area contributed by atoms with Crippen LogP contribution in [0.1, 0.15) is 72.8 Å². The fourth-order valence-corrected chi connectivity index (χ4v) is 5.54. The first-order valence-electron chi connectivity index (χ1n) is 16.2. The zero-order valence-electron chi connectivity index (χ0n) is 28.1. The van der Waals surface area contributed by atoms with Crippen molar-refractivity contribution in [3.63, 3.8) is 0 Å². The first-order valence-corrected chi connectivity index (χ1v) is 16.2. The molecule has 0 aliphatic heterocycles. The first kappa shape index (κ1) is 33.5. The molecular formula is C35H46N8O4. The molecule has 1 aliphatic rings. The summed E-state index contributed by atoms with van der Waals surface area (Å²) in [5, 5.41) is 12.8. The van der Waals surface area contributed by atoms with Crippen molar-refractivity contribution in [1.82, 2.24) is 24.7 Å². The van der Waals surface area contributed by atoms with E-state index >= 15 is 0 Å². The monoisotopic (exact) mass is 642 g/mol. The van der Waals surface area contributed by atoms with E-state index in [1.54, 1.807) is 6.20 Å². The molecule has 1 fully saturated rings. The van der Waals surface area contributed by atoms with Gasteiger partial charge < -0.3 is 25.4 Å². The highest BCUT2D eigenvalue weighted by Crippen LogP contribution is 2.27. The van der Waals surface area contributed by atoms with E-state index in [0.29, 0.717) is 13.0 Å². The van der Waals surface area contributed by atoms with Gasteiger partial charge in [0.25, 0.3) is 0 Å². The summed E-state index contributed by atoms with van der Waals surface area (Å²) in [6, 6.07) is 13.9. The van der Waals surface area contributed by atoms with Crippen molar-refractivity contribution < 1.29 is 19.1 Å². The van der Waals surface area contributed by atoms with Gasteiger partial charge in [-0.05, 0) is 97.4 Å². The minimum atomic E-state index is -0.574. The van der Waals surface area contributed by atoms with Crippen molar-refractivity contribution in [2.24, 2.45) is 0 Å². The first-order chi connectivity index (χ1) is 22.3. The summed E-state index contributed by atoms with van der Waals surface area (Å²) in [5.41, 5.74) is 2.98. The average molecular weight is 643 g/mol. The number of carbonyl (C=O) groups is 2. The number of benzene rings is 1. The zero-order valence-corrected chi connectivity index (χ0v) is 28.1. The van der Waals surface area contributed by atoms with Crippen LogP contribution in [-0.2, 0) is 15.9 Å². The second kappa shape index (κ2) is 14.3. The normalized spacial score (nSPS) is 16.7. The van der Waals surface area contributed by atoms with Gasteiger partial charge in [0.2, 0.25) is 0 Å². The van der Waals surface area contributed by atoms with Crippen molar-refractivity contribution in [3.8, 4) is 11.4 Å². The van der Waals surface area contributed by atoms with Crippen LogP contribution in [0.4, 0.5) is 26.9 Å². The van der Waals surface area contributed by atoms with Gasteiger partial charge >= 0.3 is 12.2 Å². The van der Waals surface area contributed by atoms with Gasteiger partial charge in [-0.1, -0.05) is 24.3 Å². The second-order valence-corrected chi connectivity index (χ2v) is 13.8. The quantitative estimate of drug-likeness (QED) is 0.151. The maximum atomic E-state index is 12.3. The number of nitrogens with one attached hydrogen (secondary N) is 4. The lowest BCUT2D eigenvalue weighted by Crippen LogP contribution is -2.42. The van der Waals surface area contributed by atoms with E-state index in [9.17, 15) is 9.59 Å². The molecule has 5 rings (SSSR count). The van der Waals surface area contributed by atoms with Gasteiger partial charge in [0.15, 0.2) is 11.5 Å². The van der Waals surface area contributed by atoms with Crippen molar-refractivity contribution in [2.45, 2.75) is 96.9 Å². The van der Waals surface area contributed by atoms with E-state index < -0.39 is 17.3 Å². The van der Waals surface area contributed by atoms with Crippen LogP contribution in [0.25, 0.3) is 17.0 Å². The molecule has 1 saturated carbocycles. The van der Waals surface area contributed by atoms with Crippen LogP contribution in [0, 0.1) is 0 Å². The maximum absolute atomic E-state index is 12.3. The number of fused-ring (bicyclic) bond motifs is 1. The highest BCUT2D eigenvalue weighted by atomic mass is 16.6. The van der Waals surface area contributed by atoms with Crippen LogP contribution in [0.3, 0.4) is 0 Å². The summed E-state index contributed by atoms with van der Waals surface area (Å²) in [5.74, 6) is 1.45. The summed E-state index contributed by atoms with van der Waals surface area (Å²) in [4.78, 5) is 38.7. The Morgan fingerprint density at radius 3 is 2.32 bits per heavy atom. The van der Waals surface area contributed by atoms with E-state index in [1.165, 1.54) is 0 Å². The molecule has 0 bridgehead atoms. The maximum Gasteiger partial charge on any atom is 0.412 e. The molecule has 47 heavy (non-hydrogen) atoms. The van der Waals surface area contributed by atoms with Gasteiger partial charge in [0.05, 0.1) is 17.6 Å². The Bertz CT molecular complexity index is 1680. The Morgan fingerprint density at radius 2 is 1.57 bits per heavy atom. The molecule has 4 aromatic rings. The third kappa shape index (κ3) is 9.57. The number of pyridine rings is 1. The van der Waals surface area contributed by atoms with E-state index in [4.69, 9.17) is 19.4 Å². The van der Waals surface area contributed by atoms with E-state index in [-0.39, 0.29) is 18.2 Å². The molecule has 3 aromatic heterocycles. The van der Waals surface area contributed by atoms with Crippen molar-refractivity contribution in [1.29, 1.82) is 0 Å². The number of rotatable bonds is 9. The molecule has 250 valence electrons. The van der Waals surface area contributed by atoms with E-state index in [0.717, 1.165) is 65.6 Å². The number of aromatic nitrogens is 4. The van der Waals surface area contributed by atoms with E-state index in [1.807, 2.05) is 101 Å². The molecule has 3 heterocycles. The lowest BCUT2D eigenvalue weighted by atomic mass is 9.91. The van der Waals surface area contributed by atoms with Crippen LogP contribution in [0.2, 0.25) is 0 Å². The molecule has 1 aliphatic carbocycles. The molecular weight excluding hydrogens is 596 g/mol. The summed E-state index contributed by atoms with van der Waals surface area (Å²) in [6.07, 6.45) is 8.81. The largest absolute Gasteiger partial charge is 0.444 e. The molecule has 1 aromatic carbocycles. The van der Waals surface area contributed by atoms with Crippen molar-refractivity contribution >= 4 is 35.2 Å². The Balaban J connectivity index is 1.18. The van der Waals surface area contributed by atoms with Crippen LogP contribution >= 0.6 is 0 Å². The lowest BCUT2D eigenvalue weighted by Gasteiger charge is -2.30. The Labute approximate surface area is 276 Å². The molecule has 0 radical (unpaired) electrons. The van der Waals surface area contributed by atoms with Gasteiger partial charge in [-0.3, -0.25) is 9.72 Å². The van der Waals surface area contributed by atoms with Gasteiger partial charge in [-0.25, -0.2) is 24.5 Å². The molecule has 2 amide bonds. The number of alkyl carbamates (subject to hydrolysis) is 1. The van der Waals surface area contributed by atoms with Crippen LogP contribution < -0.4 is 21.3 Å². The number of hydrogen-bond acceptors (Lipinski definition) is 9. The van der Waals surface area contributed by atoms with E-state index in [2.05, 4.69) is 26.3 Å². The molecule has 12 nitrogen and oxygen atoms in total. The molecule has 0 spiro atoms. The summed E-state index contributed by atoms with van der Waals surface area (Å²) in [7, 11) is 0. The third-order valence-electron chi connectivity index (χ3n) is 7.58. The van der Waals surface area contributed by atoms with Crippen LogP contribution in [0.5, 0.6) is 0 Å². The summed E-state index contributed by atoms with van der Waals surface area (Å²) >= 11 is 0. The number of carbonyl (C=O) groups excluding carboxylic acids is 2. The fourth-order valence-electron chi connectivity index (χ4n) is 5.54. The van der Waals surface area contributed by atoms with Crippen LogP contribution in [0.15, 0.2) is 61.1 Å². The molecule has 0 unspecified atom stereocenters. The van der Waals surface area contributed by atoms with Gasteiger partial charge in [0.1, 0.15) is 17.0 Å². The van der Waals surface area contributed by atoms with Crippen molar-refractivity contribution in [3.05, 3.63) is 66.6 Å². The summed E-state index contributed by atoms with van der Waals surface area (Å²) < 4.78 is 12.8. The fraction of sp³-hybridized carbons (Fsp3) is 0.457. The standard InChI is InChI=1S/C35H46N8O4/c1-34(2,3)46-32(44)40-25-16-14-24(15-17-25)39-30-31-38-22-28(43(31)21-20-37-30)27-12-9-13-29(41-27)36-19-18-23-10-7-8-11-26(23)42-33(45)47-35(4,5)6/h7-13,20-22,24-25H,14-19H2,1-6H3,(H,36,41)(H,37,39)(H,40,44)(H,42,45). The number of hydrogen-bond donors (Lipinski definition) is 4. The molecule has 0 atom stereocenters. The Hall–Kier alpha value is -4.87. The van der Waals surface area contributed by atoms with Crippen molar-refractivity contribution in [2.75, 3.05) is 22.5 Å². The van der Waals surface area contributed by atoms with Gasteiger partial charge in [-0.15, -0.1) is 0 Å². The number of para-hydroxylation sites is 1. The second-order valence-electron chi connectivity index (χ2n) is 13.8. The molecule has 0 saturated heterocycles. The predicted octanol–water partition coefficient (Wildman–Crippen LogP) is 7.04. The zero-order chi connectivity index (χ0) is 33.6. The molecule has 4 N–H and O–H groups in total. The van der Waals surface area contributed by atoms with Gasteiger partial charge in [-0.2, -0.15) is 0 Å². The molecule has 12 heteroatoms. The topological polar surface area (TPSA) is 144 Å². The SMILES string of the molecule is CC(C)(C)OC(=O)Nc1ccccc1CCNc1cccc(-c2cnc3c(NC4CCC(NC(=O)OC(C)(C)C)CC4)nccn23)n1. The average Bonchev–Trinajstić information content (AvgIpc) is 3.43. The number of amides is 2. The summed E-state index contributed by atoms with van der Waals surface area (Å²) in [6.45, 7) is 11.7. The minimum absolute atomic E-state index is 0.0975. The smallest absolute Gasteiger partial charge is 0.412 e. The minimum Gasteiger partial charge on any atom is -0.444 e.